The predicted molar refractivity (Wildman–Crippen MR) is 60.5 cm³/mol. The zero-order chi connectivity index (χ0) is 11.9. The van der Waals surface area contributed by atoms with Crippen molar-refractivity contribution in [3.63, 3.8) is 0 Å². The van der Waals surface area contributed by atoms with E-state index in [-0.39, 0.29) is 16.4 Å². The third-order valence-corrected chi connectivity index (χ3v) is 2.58. The molecule has 6 heteroatoms. The van der Waals surface area contributed by atoms with Crippen LogP contribution >= 0.6 is 11.6 Å². The summed E-state index contributed by atoms with van der Waals surface area (Å²) in [5, 5.41) is 2.81. The fourth-order valence-corrected chi connectivity index (χ4v) is 1.67. The molecule has 84 valence electrons. The van der Waals surface area contributed by atoms with Gasteiger partial charge < -0.3 is 5.73 Å². The van der Waals surface area contributed by atoms with Gasteiger partial charge in [-0.2, -0.15) is 0 Å². The molecular weight excluding hydrogens is 233 g/mol. The average molecular weight is 242 g/mol. The number of nitrogens with one attached hydrogen (secondary N) is 1. The molecule has 0 aliphatic carbocycles. The van der Waals surface area contributed by atoms with Gasteiger partial charge in [0.1, 0.15) is 17.2 Å². The van der Waals surface area contributed by atoms with E-state index in [2.05, 4.69) is 5.10 Å². The van der Waals surface area contributed by atoms with Crippen LogP contribution < -0.4 is 11.3 Å². The number of nitrogens with zero attached hydrogens (tertiary/aromatic N) is 1. The Morgan fingerprint density at radius 1 is 1.50 bits per heavy atom. The minimum Gasteiger partial charge on any atom is -0.393 e. The molecule has 1 aromatic carbocycles. The first-order valence-corrected chi connectivity index (χ1v) is 4.91. The van der Waals surface area contributed by atoms with Gasteiger partial charge >= 0.3 is 0 Å². The molecule has 0 bridgehead atoms. The first-order chi connectivity index (χ1) is 7.52. The number of hydrogen-bond acceptors (Lipinski definition) is 2. The molecule has 1 aromatic heterocycles. The Hall–Kier alpha value is -1.75. The van der Waals surface area contributed by atoms with Crippen LogP contribution in [0, 0.1) is 12.7 Å². The minimum absolute atomic E-state index is 0.0195. The van der Waals surface area contributed by atoms with Crippen molar-refractivity contribution in [2.45, 2.75) is 6.92 Å². The Balaban J connectivity index is 2.78. The first-order valence-electron chi connectivity index (χ1n) is 4.54. The Morgan fingerprint density at radius 3 is 2.69 bits per heavy atom. The van der Waals surface area contributed by atoms with Crippen molar-refractivity contribution >= 4 is 17.3 Å². The molecular formula is C10H9ClFN3O. The van der Waals surface area contributed by atoms with Crippen LogP contribution in [0.5, 0.6) is 0 Å². The third kappa shape index (κ3) is 1.49. The van der Waals surface area contributed by atoms with E-state index in [0.29, 0.717) is 5.69 Å². The van der Waals surface area contributed by atoms with Gasteiger partial charge in [-0.25, -0.2) is 9.07 Å². The van der Waals surface area contributed by atoms with E-state index >= 15 is 0 Å². The van der Waals surface area contributed by atoms with Gasteiger partial charge in [0.2, 0.25) is 0 Å². The van der Waals surface area contributed by atoms with Crippen molar-refractivity contribution in [3.05, 3.63) is 45.1 Å². The van der Waals surface area contributed by atoms with Crippen LogP contribution in [0.1, 0.15) is 5.69 Å². The number of anilines is 1. The summed E-state index contributed by atoms with van der Waals surface area (Å²) in [4.78, 5) is 11.7. The molecule has 0 atom stereocenters. The fourth-order valence-electron chi connectivity index (χ4n) is 1.42. The number of hydrogen-bond donors (Lipinski definition) is 2. The van der Waals surface area contributed by atoms with Gasteiger partial charge in [-0.3, -0.25) is 9.89 Å². The standard InChI is InChI=1S/C10H9ClFN3O/c1-5-8(13)10(16)15(14-5)9-6(11)3-2-4-7(9)12/h2-4,14H,13H2,1H3. The van der Waals surface area contributed by atoms with E-state index in [0.717, 1.165) is 4.68 Å². The molecule has 0 spiro atoms. The molecule has 16 heavy (non-hydrogen) atoms. The Labute approximate surface area is 95.4 Å². The summed E-state index contributed by atoms with van der Waals surface area (Å²) in [5.74, 6) is -0.587. The van der Waals surface area contributed by atoms with Gasteiger partial charge in [0, 0.05) is 0 Å². The lowest BCUT2D eigenvalue weighted by Gasteiger charge is -2.05. The largest absolute Gasteiger partial charge is 0.393 e. The number of nitrogen functional groups attached to an aromatic ring is 1. The molecule has 0 saturated carbocycles. The summed E-state index contributed by atoms with van der Waals surface area (Å²) < 4.78 is 14.6. The van der Waals surface area contributed by atoms with E-state index < -0.39 is 11.4 Å². The second-order valence-electron chi connectivity index (χ2n) is 3.36. The molecule has 1 heterocycles. The number of benzene rings is 1. The second kappa shape index (κ2) is 3.68. The second-order valence-corrected chi connectivity index (χ2v) is 3.77. The topological polar surface area (TPSA) is 63.8 Å². The number of rotatable bonds is 1. The zero-order valence-corrected chi connectivity index (χ0v) is 9.18. The quantitative estimate of drug-likeness (QED) is 0.800. The molecule has 0 fully saturated rings. The third-order valence-electron chi connectivity index (χ3n) is 2.28. The van der Waals surface area contributed by atoms with Crippen molar-refractivity contribution in [3.8, 4) is 5.69 Å². The van der Waals surface area contributed by atoms with Crippen molar-refractivity contribution < 1.29 is 4.39 Å². The lowest BCUT2D eigenvalue weighted by atomic mass is 10.3. The number of nitrogens with two attached hydrogens (primary N) is 1. The highest BCUT2D eigenvalue weighted by atomic mass is 35.5. The Kier molecular flexibility index (Phi) is 2.47. The van der Waals surface area contributed by atoms with Gasteiger partial charge in [0.25, 0.3) is 5.56 Å². The summed E-state index contributed by atoms with van der Waals surface area (Å²) in [7, 11) is 0. The van der Waals surface area contributed by atoms with E-state index in [9.17, 15) is 9.18 Å². The Bertz CT molecular complexity index is 582. The van der Waals surface area contributed by atoms with Gasteiger partial charge in [-0.1, -0.05) is 17.7 Å². The van der Waals surface area contributed by atoms with Crippen molar-refractivity contribution in [2.75, 3.05) is 5.73 Å². The van der Waals surface area contributed by atoms with E-state index in [1.165, 1.54) is 18.2 Å². The van der Waals surface area contributed by atoms with Crippen molar-refractivity contribution in [1.82, 2.24) is 9.78 Å². The predicted octanol–water partition coefficient (Wildman–Crippen LogP) is 1.85. The van der Waals surface area contributed by atoms with Gasteiger partial charge in [-0.05, 0) is 19.1 Å². The van der Waals surface area contributed by atoms with Crippen LogP contribution in [-0.2, 0) is 0 Å². The number of H-pyrrole nitrogens is 1. The monoisotopic (exact) mass is 241 g/mol. The molecule has 0 aliphatic heterocycles. The Morgan fingerprint density at radius 2 is 2.19 bits per heavy atom. The summed E-state index contributed by atoms with van der Waals surface area (Å²) in [6.45, 7) is 1.63. The maximum absolute atomic E-state index is 13.6. The number of halogens is 2. The zero-order valence-electron chi connectivity index (χ0n) is 8.42. The summed E-state index contributed by atoms with van der Waals surface area (Å²) >= 11 is 5.84. The summed E-state index contributed by atoms with van der Waals surface area (Å²) in [6.07, 6.45) is 0. The van der Waals surface area contributed by atoms with Crippen LogP contribution in [0.25, 0.3) is 5.69 Å². The summed E-state index contributed by atoms with van der Waals surface area (Å²) in [6, 6.07) is 4.18. The highest BCUT2D eigenvalue weighted by molar-refractivity contribution is 6.32. The molecule has 0 aliphatic rings. The fraction of sp³-hybridized carbons (Fsp3) is 0.100. The summed E-state index contributed by atoms with van der Waals surface area (Å²) in [5.41, 5.74) is 5.51. The molecule has 0 unspecified atom stereocenters. The van der Waals surface area contributed by atoms with Crippen LogP contribution in [0.15, 0.2) is 23.0 Å². The lowest BCUT2D eigenvalue weighted by Crippen LogP contribution is -2.18. The number of aryl methyl sites for hydroxylation is 1. The highest BCUT2D eigenvalue weighted by Crippen LogP contribution is 2.22. The van der Waals surface area contributed by atoms with Crippen LogP contribution in [0.2, 0.25) is 5.02 Å². The van der Waals surface area contributed by atoms with Crippen LogP contribution in [0.4, 0.5) is 10.1 Å². The van der Waals surface area contributed by atoms with E-state index in [4.69, 9.17) is 17.3 Å². The van der Waals surface area contributed by atoms with Gasteiger partial charge in [0.05, 0.1) is 10.7 Å². The smallest absolute Gasteiger partial charge is 0.294 e. The van der Waals surface area contributed by atoms with Crippen molar-refractivity contribution in [2.24, 2.45) is 0 Å². The SMILES string of the molecule is Cc1[nH]n(-c2c(F)cccc2Cl)c(=O)c1N. The lowest BCUT2D eigenvalue weighted by molar-refractivity contribution is 0.608. The van der Waals surface area contributed by atoms with Crippen molar-refractivity contribution in [1.29, 1.82) is 0 Å². The molecule has 0 amide bonds. The van der Waals surface area contributed by atoms with Gasteiger partial charge in [-0.15, -0.1) is 0 Å². The first kappa shape index (κ1) is 10.8. The normalized spacial score (nSPS) is 10.7. The number of para-hydroxylation sites is 1. The maximum atomic E-state index is 13.6. The van der Waals surface area contributed by atoms with Crippen LogP contribution in [-0.4, -0.2) is 9.78 Å². The van der Waals surface area contributed by atoms with Crippen LogP contribution in [0.3, 0.4) is 0 Å². The molecule has 3 N–H and O–H groups in total. The molecule has 4 nitrogen and oxygen atoms in total. The highest BCUT2D eigenvalue weighted by Gasteiger charge is 2.15. The van der Waals surface area contributed by atoms with E-state index in [1.807, 2.05) is 0 Å². The molecule has 2 aromatic rings. The average Bonchev–Trinajstić information content (AvgIpc) is 2.47. The van der Waals surface area contributed by atoms with E-state index in [1.54, 1.807) is 6.92 Å². The number of aromatic amines is 1. The molecule has 0 radical (unpaired) electrons. The maximum Gasteiger partial charge on any atom is 0.294 e. The number of aromatic nitrogens is 2. The molecule has 0 saturated heterocycles. The van der Waals surface area contributed by atoms with Gasteiger partial charge in [0.15, 0.2) is 0 Å². The minimum atomic E-state index is -0.587. The molecule has 2 rings (SSSR count).